The van der Waals surface area contributed by atoms with E-state index in [1.54, 1.807) is 0 Å². The molecule has 0 aliphatic heterocycles. The van der Waals surface area contributed by atoms with Crippen molar-refractivity contribution in [1.29, 1.82) is 0 Å². The molecule has 12 heteroatoms. The van der Waals surface area contributed by atoms with Crippen molar-refractivity contribution < 1.29 is 43.1 Å². The first-order valence-electron chi connectivity index (χ1n) is 12.7. The topological polar surface area (TPSA) is 138 Å². The smallest absolute Gasteiger partial charge is 0.404 e. The van der Waals surface area contributed by atoms with E-state index in [1.807, 2.05) is 0 Å². The lowest BCUT2D eigenvalue weighted by Gasteiger charge is -2.09. The maximum atomic E-state index is 10.2. The van der Waals surface area contributed by atoms with E-state index in [4.69, 9.17) is 38.3 Å². The van der Waals surface area contributed by atoms with Gasteiger partial charge in [0.2, 0.25) is 0 Å². The Hall–Kier alpha value is -1.09. The number of amides is 1. The average Bonchev–Trinajstić information content (AvgIpc) is 2.85. The van der Waals surface area contributed by atoms with Gasteiger partial charge in [-0.1, -0.05) is 6.92 Å². The molecule has 12 nitrogen and oxygen atoms in total. The molecule has 0 saturated carbocycles. The molecule has 0 aromatic carbocycles. The van der Waals surface area contributed by atoms with Crippen LogP contribution in [0.15, 0.2) is 0 Å². The third kappa shape index (κ3) is 32.9. The van der Waals surface area contributed by atoms with Crippen LogP contribution in [0.2, 0.25) is 0 Å². The Morgan fingerprint density at radius 1 is 0.514 bits per heavy atom. The second-order valence-corrected chi connectivity index (χ2v) is 7.37. The van der Waals surface area contributed by atoms with E-state index in [9.17, 15) is 4.79 Å². The molecule has 4 N–H and O–H groups in total. The van der Waals surface area contributed by atoms with E-state index in [0.29, 0.717) is 92.5 Å². The molecule has 0 aromatic rings. The Balaban J connectivity index is 3.01. The molecule has 0 aromatic heterocycles. The molecule has 0 heterocycles. The van der Waals surface area contributed by atoms with Crippen molar-refractivity contribution in [2.45, 2.75) is 19.8 Å². The lowest BCUT2D eigenvalue weighted by atomic mass is 10.4. The monoisotopic (exact) mass is 511 g/mol. The van der Waals surface area contributed by atoms with Crippen LogP contribution in [-0.4, -0.2) is 136 Å². The third-order valence-electron chi connectivity index (χ3n) is 4.30. The van der Waals surface area contributed by atoms with Gasteiger partial charge in [0.25, 0.3) is 0 Å². The zero-order valence-corrected chi connectivity index (χ0v) is 21.6. The van der Waals surface area contributed by atoms with Crippen molar-refractivity contribution in [2.75, 3.05) is 125 Å². The molecule has 1 amide bonds. The lowest BCUT2D eigenvalue weighted by molar-refractivity contribution is -0.00168. The number of ether oxygens (including phenoxy) is 7. The summed E-state index contributed by atoms with van der Waals surface area (Å²) in [5, 5.41) is 17.2. The second kappa shape index (κ2) is 30.9. The average molecular weight is 512 g/mol. The van der Waals surface area contributed by atoms with Gasteiger partial charge in [-0.05, 0) is 25.9 Å². The molecule has 0 aliphatic rings. The van der Waals surface area contributed by atoms with Crippen molar-refractivity contribution in [1.82, 2.24) is 16.0 Å². The SMILES string of the molecule is CCCNCCOCCOCCOCCOCCCNCCOCCOCCOCCNC(=O)O. The molecule has 0 spiro atoms. The molecule has 0 atom stereocenters. The van der Waals surface area contributed by atoms with Crippen LogP contribution >= 0.6 is 0 Å². The summed E-state index contributed by atoms with van der Waals surface area (Å²) in [4.78, 5) is 10.2. The van der Waals surface area contributed by atoms with E-state index in [0.717, 1.165) is 39.0 Å². The molecule has 0 bridgehead atoms. The Morgan fingerprint density at radius 2 is 0.886 bits per heavy atom. The van der Waals surface area contributed by atoms with Crippen molar-refractivity contribution >= 4 is 6.09 Å². The maximum Gasteiger partial charge on any atom is 0.404 e. The van der Waals surface area contributed by atoms with Gasteiger partial charge < -0.3 is 54.2 Å². The van der Waals surface area contributed by atoms with Gasteiger partial charge in [0.1, 0.15) is 0 Å². The highest BCUT2D eigenvalue weighted by molar-refractivity contribution is 5.64. The molecule has 0 unspecified atom stereocenters. The third-order valence-corrected chi connectivity index (χ3v) is 4.30. The largest absolute Gasteiger partial charge is 0.465 e. The molecular formula is C23H49N3O9. The number of hydrogen-bond acceptors (Lipinski definition) is 10. The van der Waals surface area contributed by atoms with Crippen molar-refractivity contribution in [2.24, 2.45) is 0 Å². The van der Waals surface area contributed by atoms with Crippen LogP contribution in [0, 0.1) is 0 Å². The Bertz CT molecular complexity index is 424. The number of nitrogens with one attached hydrogen (secondary N) is 3. The highest BCUT2D eigenvalue weighted by atomic mass is 16.6. The lowest BCUT2D eigenvalue weighted by Crippen LogP contribution is -2.25. The zero-order valence-electron chi connectivity index (χ0n) is 21.6. The van der Waals surface area contributed by atoms with Crippen molar-refractivity contribution in [3.63, 3.8) is 0 Å². The highest BCUT2D eigenvalue weighted by Gasteiger charge is 1.96. The van der Waals surface area contributed by atoms with Crippen LogP contribution in [0.25, 0.3) is 0 Å². The van der Waals surface area contributed by atoms with Gasteiger partial charge in [-0.2, -0.15) is 0 Å². The summed E-state index contributed by atoms with van der Waals surface area (Å²) in [6.07, 6.45) is 1.02. The number of carbonyl (C=O) groups is 1. The van der Waals surface area contributed by atoms with Crippen LogP contribution in [0.4, 0.5) is 4.79 Å². The predicted octanol–water partition coefficient (Wildman–Crippen LogP) is 0.350. The Morgan fingerprint density at radius 3 is 1.31 bits per heavy atom. The summed E-state index contributed by atoms with van der Waals surface area (Å²) in [6, 6.07) is 0. The van der Waals surface area contributed by atoms with Crippen LogP contribution in [0.1, 0.15) is 19.8 Å². The Kier molecular flexibility index (Phi) is 30.0. The number of rotatable bonds is 30. The minimum atomic E-state index is -1.05. The normalized spacial score (nSPS) is 11.2. The van der Waals surface area contributed by atoms with Crippen molar-refractivity contribution in [3.8, 4) is 0 Å². The highest BCUT2D eigenvalue weighted by Crippen LogP contribution is 1.86. The molecule has 0 fully saturated rings. The minimum absolute atomic E-state index is 0.275. The quantitative estimate of drug-likeness (QED) is 0.0994. The van der Waals surface area contributed by atoms with Crippen LogP contribution in [0.5, 0.6) is 0 Å². The van der Waals surface area contributed by atoms with Crippen LogP contribution < -0.4 is 16.0 Å². The molecule has 0 saturated heterocycles. The fourth-order valence-electron chi connectivity index (χ4n) is 2.55. The van der Waals surface area contributed by atoms with Gasteiger partial charge in [0, 0.05) is 26.2 Å². The van der Waals surface area contributed by atoms with Gasteiger partial charge in [-0.3, -0.25) is 0 Å². The van der Waals surface area contributed by atoms with E-state index < -0.39 is 6.09 Å². The molecule has 0 aliphatic carbocycles. The second-order valence-electron chi connectivity index (χ2n) is 7.37. The van der Waals surface area contributed by atoms with Crippen molar-refractivity contribution in [3.05, 3.63) is 0 Å². The van der Waals surface area contributed by atoms with E-state index in [1.165, 1.54) is 0 Å². The molecule has 35 heavy (non-hydrogen) atoms. The number of hydrogen-bond donors (Lipinski definition) is 4. The van der Waals surface area contributed by atoms with Gasteiger partial charge in [0.15, 0.2) is 0 Å². The standard InChI is InChI=1S/C23H49N3O9/c1-2-4-24-6-10-30-14-19-35-22-21-33-17-13-29-9-3-5-25-7-11-31-15-18-34-20-16-32-12-8-26-23(27)28/h24-26H,2-22H2,1H3,(H,27,28). The zero-order chi connectivity index (χ0) is 25.5. The summed E-state index contributed by atoms with van der Waals surface area (Å²) in [7, 11) is 0. The first-order chi connectivity index (χ1) is 17.3. The summed E-state index contributed by atoms with van der Waals surface area (Å²) < 4.78 is 38.0. The van der Waals surface area contributed by atoms with Crippen LogP contribution in [-0.2, 0) is 33.2 Å². The Labute approximate surface area is 210 Å². The van der Waals surface area contributed by atoms with Gasteiger partial charge in [0.05, 0.1) is 85.9 Å². The van der Waals surface area contributed by atoms with E-state index >= 15 is 0 Å². The summed E-state index contributed by atoms with van der Waals surface area (Å²) in [5.74, 6) is 0. The van der Waals surface area contributed by atoms with Gasteiger partial charge >= 0.3 is 6.09 Å². The minimum Gasteiger partial charge on any atom is -0.465 e. The predicted molar refractivity (Wildman–Crippen MR) is 132 cm³/mol. The fraction of sp³-hybridized carbons (Fsp3) is 0.957. The number of carboxylic acid groups (broad SMARTS) is 1. The molecule has 0 rings (SSSR count). The van der Waals surface area contributed by atoms with Crippen LogP contribution in [0.3, 0.4) is 0 Å². The first-order valence-corrected chi connectivity index (χ1v) is 12.7. The summed E-state index contributed by atoms with van der Waals surface area (Å²) in [5.41, 5.74) is 0. The maximum absolute atomic E-state index is 10.2. The summed E-state index contributed by atoms with van der Waals surface area (Å²) >= 11 is 0. The molecular weight excluding hydrogens is 462 g/mol. The summed E-state index contributed by atoms with van der Waals surface area (Å²) in [6.45, 7) is 13.8. The molecule has 0 radical (unpaired) electrons. The van der Waals surface area contributed by atoms with E-state index in [2.05, 4.69) is 22.9 Å². The first kappa shape index (κ1) is 33.9. The van der Waals surface area contributed by atoms with E-state index in [-0.39, 0.29) is 6.54 Å². The van der Waals surface area contributed by atoms with Gasteiger partial charge in [-0.25, -0.2) is 4.79 Å². The van der Waals surface area contributed by atoms with Gasteiger partial charge in [-0.15, -0.1) is 0 Å². The fourth-order valence-corrected chi connectivity index (χ4v) is 2.55. The molecule has 210 valence electrons.